The first-order chi connectivity index (χ1) is 11.9. The Bertz CT molecular complexity index is 866. The highest BCUT2D eigenvalue weighted by Gasteiger charge is 2.13. The van der Waals surface area contributed by atoms with Crippen molar-refractivity contribution in [3.8, 4) is 5.75 Å². The second kappa shape index (κ2) is 8.07. The minimum absolute atomic E-state index is 0.0370. The molecule has 0 spiro atoms. The van der Waals surface area contributed by atoms with Crippen LogP contribution in [0.2, 0.25) is 0 Å². The Morgan fingerprint density at radius 2 is 1.96 bits per heavy atom. The van der Waals surface area contributed by atoms with Gasteiger partial charge in [-0.25, -0.2) is 0 Å². The van der Waals surface area contributed by atoms with Crippen LogP contribution in [-0.4, -0.2) is 35.5 Å². The van der Waals surface area contributed by atoms with Crippen molar-refractivity contribution in [2.45, 2.75) is 6.92 Å². The number of allylic oxidation sites excluding steroid dienone is 1. The van der Waals surface area contributed by atoms with Crippen LogP contribution < -0.4 is 10.9 Å². The number of nitrogens with one attached hydrogen (secondary N) is 2. The van der Waals surface area contributed by atoms with E-state index in [9.17, 15) is 19.5 Å². The molecule has 2 aromatic rings. The van der Waals surface area contributed by atoms with E-state index < -0.39 is 11.3 Å². The summed E-state index contributed by atoms with van der Waals surface area (Å²) in [6.07, 6.45) is 2.72. The Balaban J connectivity index is 2.10. The van der Waals surface area contributed by atoms with E-state index in [0.29, 0.717) is 16.9 Å². The number of carbonyl (C=O) groups is 2. The molecule has 7 heteroatoms. The van der Waals surface area contributed by atoms with Gasteiger partial charge in [-0.05, 0) is 36.8 Å². The standard InChI is InChI=1S/C18H18N2O5/c1-11-9-15(22)17(18(24)19-11)14(21)8-5-12-3-6-13(7-4-12)20-16(23)10-25-2/h3-9H,10H2,1-2H3,(H,20,23)(H2,19,22,24)/b8-5+. The normalized spacial score (nSPS) is 10.8. The molecule has 0 aliphatic rings. The summed E-state index contributed by atoms with van der Waals surface area (Å²) in [5.74, 6) is -1.22. The molecule has 0 fully saturated rings. The van der Waals surface area contributed by atoms with Crippen LogP contribution in [0.25, 0.3) is 6.08 Å². The fourth-order valence-electron chi connectivity index (χ4n) is 2.17. The van der Waals surface area contributed by atoms with Crippen LogP contribution >= 0.6 is 0 Å². The number of aromatic hydroxyl groups is 1. The van der Waals surface area contributed by atoms with Crippen molar-refractivity contribution in [3.63, 3.8) is 0 Å². The minimum Gasteiger partial charge on any atom is -0.507 e. The molecule has 0 saturated carbocycles. The van der Waals surface area contributed by atoms with Gasteiger partial charge in [0, 0.05) is 18.5 Å². The Morgan fingerprint density at radius 3 is 2.56 bits per heavy atom. The second-order valence-corrected chi connectivity index (χ2v) is 5.34. The van der Waals surface area contributed by atoms with E-state index in [1.165, 1.54) is 25.3 Å². The first-order valence-corrected chi connectivity index (χ1v) is 7.45. The Morgan fingerprint density at radius 1 is 1.28 bits per heavy atom. The molecule has 1 aromatic carbocycles. The Kier molecular flexibility index (Phi) is 5.86. The molecule has 1 heterocycles. The van der Waals surface area contributed by atoms with Crippen LogP contribution in [0.5, 0.6) is 5.75 Å². The number of amides is 1. The summed E-state index contributed by atoms with van der Waals surface area (Å²) in [5, 5.41) is 12.4. The number of rotatable bonds is 6. The highest BCUT2D eigenvalue weighted by atomic mass is 16.5. The lowest BCUT2D eigenvalue weighted by Crippen LogP contribution is -2.17. The number of carbonyl (C=O) groups excluding carboxylic acids is 2. The smallest absolute Gasteiger partial charge is 0.263 e. The van der Waals surface area contributed by atoms with E-state index in [1.807, 2.05) is 0 Å². The van der Waals surface area contributed by atoms with Crippen molar-refractivity contribution in [1.82, 2.24) is 4.98 Å². The third-order valence-electron chi connectivity index (χ3n) is 3.29. The number of aryl methyl sites for hydroxylation is 1. The molecule has 3 N–H and O–H groups in total. The van der Waals surface area contributed by atoms with Gasteiger partial charge in [-0.1, -0.05) is 18.2 Å². The SMILES string of the molecule is COCC(=O)Nc1ccc(/C=C/C(=O)c2c(O)cc(C)[nH]c2=O)cc1. The molecule has 25 heavy (non-hydrogen) atoms. The number of H-pyrrole nitrogens is 1. The molecule has 0 radical (unpaired) electrons. The number of pyridine rings is 1. The molecule has 0 aliphatic carbocycles. The quantitative estimate of drug-likeness (QED) is 0.548. The van der Waals surface area contributed by atoms with Gasteiger partial charge in [0.1, 0.15) is 17.9 Å². The van der Waals surface area contributed by atoms with Crippen LogP contribution in [0.1, 0.15) is 21.6 Å². The van der Waals surface area contributed by atoms with Gasteiger partial charge in [-0.3, -0.25) is 14.4 Å². The maximum absolute atomic E-state index is 12.1. The number of aromatic nitrogens is 1. The van der Waals surface area contributed by atoms with Crippen molar-refractivity contribution in [1.29, 1.82) is 0 Å². The van der Waals surface area contributed by atoms with Gasteiger partial charge in [-0.15, -0.1) is 0 Å². The lowest BCUT2D eigenvalue weighted by Gasteiger charge is -2.04. The number of methoxy groups -OCH3 is 1. The number of hydrogen-bond donors (Lipinski definition) is 3. The first-order valence-electron chi connectivity index (χ1n) is 7.45. The molecule has 1 aromatic heterocycles. The summed E-state index contributed by atoms with van der Waals surface area (Å²) >= 11 is 0. The maximum atomic E-state index is 12.1. The van der Waals surface area contributed by atoms with Gasteiger partial charge in [0.05, 0.1) is 0 Å². The monoisotopic (exact) mass is 342 g/mol. The van der Waals surface area contributed by atoms with E-state index in [-0.39, 0.29) is 23.8 Å². The lowest BCUT2D eigenvalue weighted by atomic mass is 10.1. The zero-order valence-electron chi connectivity index (χ0n) is 13.8. The topological polar surface area (TPSA) is 108 Å². The first kappa shape index (κ1) is 18.2. The highest BCUT2D eigenvalue weighted by molar-refractivity contribution is 6.08. The maximum Gasteiger partial charge on any atom is 0.263 e. The molecule has 0 saturated heterocycles. The largest absolute Gasteiger partial charge is 0.507 e. The average molecular weight is 342 g/mol. The lowest BCUT2D eigenvalue weighted by molar-refractivity contribution is -0.119. The van der Waals surface area contributed by atoms with E-state index in [4.69, 9.17) is 4.74 Å². The summed E-state index contributed by atoms with van der Waals surface area (Å²) in [4.78, 5) is 37.8. The number of hydrogen-bond acceptors (Lipinski definition) is 5. The van der Waals surface area contributed by atoms with Gasteiger partial charge in [0.2, 0.25) is 5.91 Å². The number of aromatic amines is 1. The number of benzene rings is 1. The zero-order chi connectivity index (χ0) is 18.4. The zero-order valence-corrected chi connectivity index (χ0v) is 13.8. The molecule has 1 amide bonds. The number of ether oxygens (including phenoxy) is 1. The van der Waals surface area contributed by atoms with E-state index in [2.05, 4.69) is 10.3 Å². The molecule has 130 valence electrons. The van der Waals surface area contributed by atoms with Crippen molar-refractivity contribution in [2.75, 3.05) is 19.0 Å². The summed E-state index contributed by atoms with van der Waals surface area (Å²) in [6.45, 7) is 1.57. The highest BCUT2D eigenvalue weighted by Crippen LogP contribution is 2.15. The average Bonchev–Trinajstić information content (AvgIpc) is 2.53. The van der Waals surface area contributed by atoms with Gasteiger partial charge in [-0.2, -0.15) is 0 Å². The molecule has 0 atom stereocenters. The van der Waals surface area contributed by atoms with Crippen molar-refractivity contribution < 1.29 is 19.4 Å². The fraction of sp³-hybridized carbons (Fsp3) is 0.167. The van der Waals surface area contributed by atoms with Crippen LogP contribution in [0.15, 0.2) is 41.2 Å². The summed E-state index contributed by atoms with van der Waals surface area (Å²) in [6, 6.07) is 8.07. The molecular formula is C18H18N2O5. The van der Waals surface area contributed by atoms with Crippen LogP contribution in [-0.2, 0) is 9.53 Å². The van der Waals surface area contributed by atoms with Crippen molar-refractivity contribution in [3.05, 3.63) is 63.6 Å². The van der Waals surface area contributed by atoms with Gasteiger partial charge in [0.25, 0.3) is 5.56 Å². The second-order valence-electron chi connectivity index (χ2n) is 5.34. The summed E-state index contributed by atoms with van der Waals surface area (Å²) < 4.78 is 4.72. The predicted molar refractivity (Wildman–Crippen MR) is 93.8 cm³/mol. The predicted octanol–water partition coefficient (Wildman–Crippen LogP) is 1.87. The van der Waals surface area contributed by atoms with E-state index in [1.54, 1.807) is 31.2 Å². The van der Waals surface area contributed by atoms with E-state index >= 15 is 0 Å². The minimum atomic E-state index is -0.636. The molecular weight excluding hydrogens is 324 g/mol. The van der Waals surface area contributed by atoms with Crippen molar-refractivity contribution >= 4 is 23.5 Å². The van der Waals surface area contributed by atoms with Gasteiger partial charge in [0.15, 0.2) is 5.78 Å². The third kappa shape index (κ3) is 4.89. The molecule has 0 unspecified atom stereocenters. The fourth-order valence-corrected chi connectivity index (χ4v) is 2.17. The summed E-state index contributed by atoms with van der Waals surface area (Å²) in [7, 11) is 1.43. The molecule has 0 bridgehead atoms. The Hall–Kier alpha value is -3.19. The van der Waals surface area contributed by atoms with Gasteiger partial charge >= 0.3 is 0 Å². The molecule has 7 nitrogen and oxygen atoms in total. The number of anilines is 1. The van der Waals surface area contributed by atoms with Crippen molar-refractivity contribution in [2.24, 2.45) is 0 Å². The molecule has 2 rings (SSSR count). The Labute approximate surface area is 144 Å². The summed E-state index contributed by atoms with van der Waals surface area (Å²) in [5.41, 5.74) is 0.821. The number of ketones is 1. The van der Waals surface area contributed by atoms with Crippen LogP contribution in [0, 0.1) is 6.92 Å². The van der Waals surface area contributed by atoms with Crippen LogP contribution in [0.4, 0.5) is 5.69 Å². The molecule has 0 aliphatic heterocycles. The van der Waals surface area contributed by atoms with Gasteiger partial charge < -0.3 is 20.1 Å². The van der Waals surface area contributed by atoms with Crippen LogP contribution in [0.3, 0.4) is 0 Å². The third-order valence-corrected chi connectivity index (χ3v) is 3.29. The van der Waals surface area contributed by atoms with E-state index in [0.717, 1.165) is 0 Å².